The third-order valence-electron chi connectivity index (χ3n) is 2.93. The van der Waals surface area contributed by atoms with Crippen LogP contribution in [0.15, 0.2) is 0 Å². The van der Waals surface area contributed by atoms with Gasteiger partial charge in [0.25, 0.3) is 0 Å². The van der Waals surface area contributed by atoms with Gasteiger partial charge in [-0.3, -0.25) is 4.79 Å². The summed E-state index contributed by atoms with van der Waals surface area (Å²) in [6.45, 7) is 3.91. The third-order valence-corrected chi connectivity index (χ3v) is 3.86. The number of carbonyl (C=O) groups is 2. The first-order valence-corrected chi connectivity index (χ1v) is 7.24. The van der Waals surface area contributed by atoms with E-state index < -0.39 is 5.97 Å². The van der Waals surface area contributed by atoms with Crippen LogP contribution in [0.1, 0.15) is 47.3 Å². The van der Waals surface area contributed by atoms with Crippen molar-refractivity contribution >= 4 is 23.1 Å². The second-order valence-electron chi connectivity index (χ2n) is 4.44. The summed E-state index contributed by atoms with van der Waals surface area (Å²) in [6, 6.07) is 0. The molecule has 1 aromatic heterocycles. The SMILES string of the molecule is CCOC(=O)c1sc(C)nc1OC1CCC(=O)CC1. The van der Waals surface area contributed by atoms with Gasteiger partial charge < -0.3 is 9.47 Å². The number of nitrogens with zero attached hydrogens (tertiary/aromatic N) is 1. The molecule has 104 valence electrons. The average Bonchev–Trinajstić information content (AvgIpc) is 2.74. The van der Waals surface area contributed by atoms with E-state index in [9.17, 15) is 9.59 Å². The standard InChI is InChI=1S/C13H17NO4S/c1-3-17-13(16)11-12(14-8(2)19-11)18-10-6-4-9(15)5-7-10/h10H,3-7H2,1-2H3. The van der Waals surface area contributed by atoms with Crippen molar-refractivity contribution in [2.45, 2.75) is 45.6 Å². The van der Waals surface area contributed by atoms with Crippen molar-refractivity contribution in [1.82, 2.24) is 4.98 Å². The van der Waals surface area contributed by atoms with Crippen LogP contribution in [0.3, 0.4) is 0 Å². The number of Topliss-reactive ketones (excluding diaryl/α,β-unsaturated/α-hetero) is 1. The van der Waals surface area contributed by atoms with E-state index in [0.717, 1.165) is 5.01 Å². The molecule has 6 heteroatoms. The van der Waals surface area contributed by atoms with Crippen LogP contribution < -0.4 is 4.74 Å². The zero-order valence-corrected chi connectivity index (χ0v) is 11.9. The fourth-order valence-electron chi connectivity index (χ4n) is 2.00. The highest BCUT2D eigenvalue weighted by molar-refractivity contribution is 7.13. The molecule has 0 aromatic carbocycles. The average molecular weight is 283 g/mol. The van der Waals surface area contributed by atoms with E-state index >= 15 is 0 Å². The molecule has 0 unspecified atom stereocenters. The lowest BCUT2D eigenvalue weighted by molar-refractivity contribution is -0.121. The van der Waals surface area contributed by atoms with Gasteiger partial charge in [-0.25, -0.2) is 9.78 Å². The Bertz CT molecular complexity index is 473. The highest BCUT2D eigenvalue weighted by Crippen LogP contribution is 2.29. The fraction of sp³-hybridized carbons (Fsp3) is 0.615. The molecule has 1 saturated carbocycles. The van der Waals surface area contributed by atoms with Crippen molar-refractivity contribution in [2.75, 3.05) is 6.61 Å². The summed E-state index contributed by atoms with van der Waals surface area (Å²) in [6.07, 6.45) is 2.44. The van der Waals surface area contributed by atoms with Gasteiger partial charge in [0.05, 0.1) is 11.6 Å². The molecule has 0 N–H and O–H groups in total. The number of hydrogen-bond donors (Lipinski definition) is 0. The molecule has 2 rings (SSSR count). The molecule has 1 aliphatic rings. The smallest absolute Gasteiger partial charge is 0.353 e. The summed E-state index contributed by atoms with van der Waals surface area (Å²) in [7, 11) is 0. The molecule has 1 aromatic rings. The number of thiazole rings is 1. The fourth-order valence-corrected chi connectivity index (χ4v) is 2.75. The highest BCUT2D eigenvalue weighted by Gasteiger charge is 2.25. The van der Waals surface area contributed by atoms with E-state index in [2.05, 4.69) is 4.98 Å². The van der Waals surface area contributed by atoms with Crippen molar-refractivity contribution in [3.8, 4) is 5.88 Å². The molecule has 1 fully saturated rings. The Balaban J connectivity index is 2.07. The zero-order valence-electron chi connectivity index (χ0n) is 11.1. The number of carbonyl (C=O) groups excluding carboxylic acids is 2. The molecule has 0 aliphatic heterocycles. The van der Waals surface area contributed by atoms with Crippen LogP contribution >= 0.6 is 11.3 Å². The lowest BCUT2D eigenvalue weighted by Crippen LogP contribution is -2.24. The van der Waals surface area contributed by atoms with Crippen molar-refractivity contribution in [1.29, 1.82) is 0 Å². The van der Waals surface area contributed by atoms with Gasteiger partial charge in [-0.05, 0) is 26.7 Å². The minimum atomic E-state index is -0.394. The van der Waals surface area contributed by atoms with Crippen LogP contribution in [0.5, 0.6) is 5.88 Å². The largest absolute Gasteiger partial charge is 0.473 e. The van der Waals surface area contributed by atoms with Crippen molar-refractivity contribution in [3.05, 3.63) is 9.88 Å². The van der Waals surface area contributed by atoms with E-state index in [1.807, 2.05) is 6.92 Å². The monoisotopic (exact) mass is 283 g/mol. The van der Waals surface area contributed by atoms with Crippen LogP contribution in [0, 0.1) is 6.92 Å². The van der Waals surface area contributed by atoms with Crippen molar-refractivity contribution in [3.63, 3.8) is 0 Å². The number of aryl methyl sites for hydroxylation is 1. The van der Waals surface area contributed by atoms with Crippen LogP contribution in [-0.4, -0.2) is 29.4 Å². The third kappa shape index (κ3) is 3.53. The molecule has 0 atom stereocenters. The predicted molar refractivity (Wildman–Crippen MR) is 70.7 cm³/mol. The van der Waals surface area contributed by atoms with Gasteiger partial charge in [0.2, 0.25) is 5.88 Å². The number of ketones is 1. The molecular weight excluding hydrogens is 266 g/mol. The normalized spacial score (nSPS) is 16.4. The molecule has 0 bridgehead atoms. The van der Waals surface area contributed by atoms with Crippen molar-refractivity contribution < 1.29 is 19.1 Å². The molecule has 0 saturated heterocycles. The summed E-state index contributed by atoms with van der Waals surface area (Å²) in [4.78, 5) is 27.6. The molecule has 0 spiro atoms. The van der Waals surface area contributed by atoms with E-state index in [-0.39, 0.29) is 11.9 Å². The van der Waals surface area contributed by atoms with Crippen LogP contribution in [0.25, 0.3) is 0 Å². The summed E-state index contributed by atoms with van der Waals surface area (Å²) in [5.41, 5.74) is 0. The lowest BCUT2D eigenvalue weighted by atomic mass is 9.96. The van der Waals surface area contributed by atoms with Gasteiger partial charge in [0.15, 0.2) is 4.88 Å². The summed E-state index contributed by atoms with van der Waals surface area (Å²) in [5.74, 6) is 0.232. The summed E-state index contributed by atoms with van der Waals surface area (Å²) < 4.78 is 10.8. The van der Waals surface area contributed by atoms with Gasteiger partial charge in [0, 0.05) is 12.8 Å². The molecule has 0 amide bonds. The predicted octanol–water partition coefficient (Wildman–Crippen LogP) is 2.52. The number of ether oxygens (including phenoxy) is 2. The number of esters is 1. The Morgan fingerprint density at radius 3 is 2.74 bits per heavy atom. The summed E-state index contributed by atoms with van der Waals surface area (Å²) in [5, 5.41) is 0.768. The quantitative estimate of drug-likeness (QED) is 0.794. The first-order chi connectivity index (χ1) is 9.10. The van der Waals surface area contributed by atoms with E-state index in [1.165, 1.54) is 11.3 Å². The topological polar surface area (TPSA) is 65.5 Å². The maximum absolute atomic E-state index is 11.8. The van der Waals surface area contributed by atoms with E-state index in [4.69, 9.17) is 9.47 Å². The van der Waals surface area contributed by atoms with Crippen molar-refractivity contribution in [2.24, 2.45) is 0 Å². The van der Waals surface area contributed by atoms with Crippen LogP contribution in [-0.2, 0) is 9.53 Å². The van der Waals surface area contributed by atoms with Crippen LogP contribution in [0.4, 0.5) is 0 Å². The van der Waals surface area contributed by atoms with E-state index in [0.29, 0.717) is 43.0 Å². The molecule has 19 heavy (non-hydrogen) atoms. The molecule has 0 radical (unpaired) electrons. The Labute approximate surface area is 115 Å². The second-order valence-corrected chi connectivity index (χ2v) is 5.65. The Morgan fingerprint density at radius 2 is 2.11 bits per heavy atom. The Morgan fingerprint density at radius 1 is 1.42 bits per heavy atom. The zero-order chi connectivity index (χ0) is 13.8. The number of hydrogen-bond acceptors (Lipinski definition) is 6. The van der Waals surface area contributed by atoms with Gasteiger partial charge in [0.1, 0.15) is 11.9 Å². The van der Waals surface area contributed by atoms with Crippen LogP contribution in [0.2, 0.25) is 0 Å². The maximum atomic E-state index is 11.8. The first-order valence-electron chi connectivity index (χ1n) is 6.43. The maximum Gasteiger partial charge on any atom is 0.353 e. The molecule has 5 nitrogen and oxygen atoms in total. The Hall–Kier alpha value is -1.43. The first kappa shape index (κ1) is 14.0. The van der Waals surface area contributed by atoms with Gasteiger partial charge in [-0.2, -0.15) is 0 Å². The number of rotatable bonds is 4. The Kier molecular flexibility index (Phi) is 4.52. The minimum Gasteiger partial charge on any atom is -0.473 e. The number of aromatic nitrogens is 1. The van der Waals surface area contributed by atoms with Gasteiger partial charge in [-0.1, -0.05) is 0 Å². The van der Waals surface area contributed by atoms with Gasteiger partial charge >= 0.3 is 5.97 Å². The highest BCUT2D eigenvalue weighted by atomic mass is 32.1. The minimum absolute atomic E-state index is 0.0348. The molecule has 1 aliphatic carbocycles. The molecular formula is C13H17NO4S. The second kappa shape index (κ2) is 6.14. The molecule has 1 heterocycles. The lowest BCUT2D eigenvalue weighted by Gasteiger charge is -2.21. The van der Waals surface area contributed by atoms with E-state index in [1.54, 1.807) is 6.92 Å². The van der Waals surface area contributed by atoms with Gasteiger partial charge in [-0.15, -0.1) is 11.3 Å². The summed E-state index contributed by atoms with van der Waals surface area (Å²) >= 11 is 1.27.